The Morgan fingerprint density at radius 3 is 2.17 bits per heavy atom. The fourth-order valence-electron chi connectivity index (χ4n) is 4.28. The van der Waals surface area contributed by atoms with E-state index in [-0.39, 0.29) is 5.41 Å². The van der Waals surface area contributed by atoms with E-state index >= 15 is 0 Å². The summed E-state index contributed by atoms with van der Waals surface area (Å²) in [6.07, 6.45) is 17.9. The normalized spacial score (nSPS) is 15.2. The van der Waals surface area contributed by atoms with E-state index in [1.54, 1.807) is 5.57 Å². The number of benzene rings is 1. The minimum atomic E-state index is 0.263. The van der Waals surface area contributed by atoms with Crippen LogP contribution >= 0.6 is 11.8 Å². The van der Waals surface area contributed by atoms with E-state index in [0.717, 1.165) is 0 Å². The second kappa shape index (κ2) is 11.4. The second-order valence-electron chi connectivity index (χ2n) is 10.1. The molecule has 0 amide bonds. The van der Waals surface area contributed by atoms with Gasteiger partial charge < -0.3 is 0 Å². The van der Waals surface area contributed by atoms with E-state index in [2.05, 4.69) is 78.0 Å². The van der Waals surface area contributed by atoms with Gasteiger partial charge in [-0.25, -0.2) is 0 Å². The van der Waals surface area contributed by atoms with Crippen LogP contribution in [0.15, 0.2) is 51.8 Å². The van der Waals surface area contributed by atoms with Crippen LogP contribution in [-0.2, 0) is 5.41 Å². The topological polar surface area (TPSA) is 0 Å². The highest BCUT2D eigenvalue weighted by Crippen LogP contribution is 2.41. The van der Waals surface area contributed by atoms with Crippen LogP contribution in [-0.4, -0.2) is 0 Å². The maximum atomic E-state index is 2.50. The Kier molecular flexibility index (Phi) is 9.60. The molecule has 0 aliphatic heterocycles. The molecule has 1 aliphatic carbocycles. The lowest BCUT2D eigenvalue weighted by atomic mass is 9.77. The second-order valence-corrected chi connectivity index (χ2v) is 11.3. The van der Waals surface area contributed by atoms with Crippen LogP contribution in [0, 0.1) is 5.41 Å². The number of unbranched alkanes of at least 4 members (excludes halogenated alkanes) is 4. The summed E-state index contributed by atoms with van der Waals surface area (Å²) in [6.45, 7) is 14.3. The summed E-state index contributed by atoms with van der Waals surface area (Å²) in [5.74, 6) is 0. The lowest BCUT2D eigenvalue weighted by molar-refractivity contribution is 0.392. The number of allylic oxidation sites excluding steroid dienone is 4. The zero-order valence-electron chi connectivity index (χ0n) is 19.9. The first-order valence-corrected chi connectivity index (χ1v) is 12.8. The van der Waals surface area contributed by atoms with Gasteiger partial charge in [-0.05, 0) is 70.8 Å². The number of rotatable bonds is 12. The molecule has 0 nitrogen and oxygen atoms in total. The minimum absolute atomic E-state index is 0.263. The molecule has 1 aromatic rings. The molecule has 0 saturated carbocycles. The van der Waals surface area contributed by atoms with Crippen molar-refractivity contribution in [2.75, 3.05) is 0 Å². The Bertz CT molecular complexity index is 690. The molecule has 1 aliphatic rings. The highest BCUT2D eigenvalue weighted by molar-refractivity contribution is 8.03. The highest BCUT2D eigenvalue weighted by Gasteiger charge is 2.24. The van der Waals surface area contributed by atoms with Gasteiger partial charge in [0.1, 0.15) is 0 Å². The highest BCUT2D eigenvalue weighted by atomic mass is 32.2. The van der Waals surface area contributed by atoms with Gasteiger partial charge in [0.15, 0.2) is 0 Å². The van der Waals surface area contributed by atoms with Crippen LogP contribution in [0.4, 0.5) is 0 Å². The molecular weight excluding hydrogens is 368 g/mol. The Balaban J connectivity index is 2.07. The van der Waals surface area contributed by atoms with Gasteiger partial charge in [0.2, 0.25) is 0 Å². The summed E-state index contributed by atoms with van der Waals surface area (Å²) in [5, 5.41) is 0. The first-order chi connectivity index (χ1) is 13.8. The fraction of sp³-hybridized carbons (Fsp3) is 0.643. The molecule has 0 spiro atoms. The quantitative estimate of drug-likeness (QED) is 0.308. The summed E-state index contributed by atoms with van der Waals surface area (Å²) in [4.78, 5) is 2.94. The molecule has 1 aromatic carbocycles. The van der Waals surface area contributed by atoms with E-state index in [1.165, 1.54) is 79.6 Å². The summed E-state index contributed by atoms with van der Waals surface area (Å²) >= 11 is 1.99. The molecule has 0 aromatic heterocycles. The summed E-state index contributed by atoms with van der Waals surface area (Å²) < 4.78 is 0. The van der Waals surface area contributed by atoms with Crippen molar-refractivity contribution in [3.05, 3.63) is 52.5 Å². The predicted molar refractivity (Wildman–Crippen MR) is 133 cm³/mol. The van der Waals surface area contributed by atoms with E-state index in [1.807, 2.05) is 11.8 Å². The molecule has 0 unspecified atom stereocenters. The molecule has 2 rings (SSSR count). The van der Waals surface area contributed by atoms with Crippen molar-refractivity contribution in [2.45, 2.75) is 116 Å². The van der Waals surface area contributed by atoms with E-state index in [4.69, 9.17) is 0 Å². The largest absolute Gasteiger partial charge is 0.0945 e. The standard InChI is InChI=1S/C28H44S/c1-7-9-11-19-27(3,4)23-15-13-17-25(21-23)29-26-18-14-16-24(22-26)28(5,6)20-12-10-8-2/h13,15-17,21-22H,7-12,14,18-20H2,1-6H3. The Morgan fingerprint density at radius 2 is 1.52 bits per heavy atom. The average Bonchev–Trinajstić information content (AvgIpc) is 2.69. The lowest BCUT2D eigenvalue weighted by Gasteiger charge is -2.29. The molecule has 0 heterocycles. The minimum Gasteiger partial charge on any atom is -0.0945 e. The number of thioether (sulfide) groups is 1. The maximum absolute atomic E-state index is 2.50. The van der Waals surface area contributed by atoms with Crippen LogP contribution in [0.5, 0.6) is 0 Å². The molecule has 0 N–H and O–H groups in total. The van der Waals surface area contributed by atoms with Gasteiger partial charge in [-0.3, -0.25) is 0 Å². The van der Waals surface area contributed by atoms with Crippen LogP contribution in [0.25, 0.3) is 0 Å². The Labute approximate surface area is 185 Å². The Hall–Kier alpha value is -0.950. The molecule has 0 fully saturated rings. The molecule has 0 bridgehead atoms. The van der Waals surface area contributed by atoms with Crippen LogP contribution < -0.4 is 0 Å². The van der Waals surface area contributed by atoms with E-state index < -0.39 is 0 Å². The molecular formula is C28H44S. The first kappa shape index (κ1) is 24.3. The molecule has 0 atom stereocenters. The molecule has 162 valence electrons. The summed E-state index contributed by atoms with van der Waals surface area (Å²) in [5.41, 5.74) is 3.60. The third-order valence-electron chi connectivity index (χ3n) is 6.53. The van der Waals surface area contributed by atoms with Crippen molar-refractivity contribution in [1.29, 1.82) is 0 Å². The van der Waals surface area contributed by atoms with Gasteiger partial charge in [-0.2, -0.15) is 0 Å². The Morgan fingerprint density at radius 1 is 0.862 bits per heavy atom. The summed E-state index contributed by atoms with van der Waals surface area (Å²) in [6, 6.07) is 9.32. The number of hydrogen-bond acceptors (Lipinski definition) is 1. The first-order valence-electron chi connectivity index (χ1n) is 12.0. The van der Waals surface area contributed by atoms with Crippen molar-refractivity contribution in [1.82, 2.24) is 0 Å². The van der Waals surface area contributed by atoms with Crippen LogP contribution in [0.3, 0.4) is 0 Å². The van der Waals surface area contributed by atoms with E-state index in [9.17, 15) is 0 Å². The average molecular weight is 413 g/mol. The predicted octanol–water partition coefficient (Wildman–Crippen LogP) is 9.85. The van der Waals surface area contributed by atoms with Crippen molar-refractivity contribution in [2.24, 2.45) is 5.41 Å². The lowest BCUT2D eigenvalue weighted by Crippen LogP contribution is -2.17. The molecule has 29 heavy (non-hydrogen) atoms. The SMILES string of the molecule is CCCCCC(C)(C)C1=CCCC(Sc2cccc(C(C)(C)CCCCC)c2)=C1. The molecule has 1 heteroatoms. The van der Waals surface area contributed by atoms with E-state index in [0.29, 0.717) is 5.41 Å². The van der Waals surface area contributed by atoms with Crippen molar-refractivity contribution >= 4 is 11.8 Å². The maximum Gasteiger partial charge on any atom is 0.0122 e. The van der Waals surface area contributed by atoms with Gasteiger partial charge >= 0.3 is 0 Å². The number of hydrogen-bond donors (Lipinski definition) is 0. The van der Waals surface area contributed by atoms with Gasteiger partial charge in [0.25, 0.3) is 0 Å². The zero-order valence-corrected chi connectivity index (χ0v) is 20.8. The van der Waals surface area contributed by atoms with Crippen molar-refractivity contribution < 1.29 is 0 Å². The van der Waals surface area contributed by atoms with Gasteiger partial charge in [-0.15, -0.1) is 0 Å². The molecule has 0 saturated heterocycles. The van der Waals surface area contributed by atoms with Crippen LogP contribution in [0.2, 0.25) is 0 Å². The van der Waals surface area contributed by atoms with Gasteiger partial charge in [-0.1, -0.05) is 110 Å². The van der Waals surface area contributed by atoms with Crippen molar-refractivity contribution in [3.63, 3.8) is 0 Å². The third kappa shape index (κ3) is 7.67. The summed E-state index contributed by atoms with van der Waals surface area (Å²) in [7, 11) is 0. The zero-order chi connectivity index (χ0) is 21.3. The smallest absolute Gasteiger partial charge is 0.0122 e. The fourth-order valence-corrected chi connectivity index (χ4v) is 5.32. The van der Waals surface area contributed by atoms with Crippen molar-refractivity contribution in [3.8, 4) is 0 Å². The van der Waals surface area contributed by atoms with Gasteiger partial charge in [0.05, 0.1) is 0 Å². The third-order valence-corrected chi connectivity index (χ3v) is 7.60. The monoisotopic (exact) mass is 412 g/mol. The van der Waals surface area contributed by atoms with Gasteiger partial charge in [0, 0.05) is 4.90 Å². The van der Waals surface area contributed by atoms with Crippen LogP contribution in [0.1, 0.15) is 111 Å². The molecule has 0 radical (unpaired) electrons.